The van der Waals surface area contributed by atoms with Crippen LogP contribution in [0.15, 0.2) is 21.4 Å². The smallest absolute Gasteiger partial charge is 0.310 e. The third-order valence-electron chi connectivity index (χ3n) is 4.40. The molecule has 0 aliphatic carbocycles. The molecular weight excluding hydrogens is 374 g/mol. The lowest BCUT2D eigenvalue weighted by Crippen LogP contribution is -2.45. The highest BCUT2D eigenvalue weighted by atomic mass is 32.2. The van der Waals surface area contributed by atoms with Crippen molar-refractivity contribution in [2.45, 2.75) is 31.5 Å². The van der Waals surface area contributed by atoms with E-state index in [0.29, 0.717) is 35.1 Å². The summed E-state index contributed by atoms with van der Waals surface area (Å²) in [5.41, 5.74) is 0.468. The maximum absolute atomic E-state index is 12.8. The Balaban J connectivity index is 1.79. The van der Waals surface area contributed by atoms with Crippen LogP contribution < -0.4 is 5.56 Å². The van der Waals surface area contributed by atoms with Crippen molar-refractivity contribution in [3.8, 4) is 0 Å². The maximum Gasteiger partial charge on any atom is 0.310 e. The molecule has 26 heavy (non-hydrogen) atoms. The Morgan fingerprint density at radius 2 is 2.27 bits per heavy atom. The number of likely N-dealkylation sites (tertiary alicyclic amines) is 1. The molecule has 0 spiro atoms. The molecular formula is C17H21N3O4S2. The van der Waals surface area contributed by atoms with E-state index in [0.717, 1.165) is 12.8 Å². The number of rotatable bonds is 5. The molecule has 140 valence electrons. The van der Waals surface area contributed by atoms with E-state index in [4.69, 9.17) is 4.74 Å². The van der Waals surface area contributed by atoms with Crippen molar-refractivity contribution in [2.24, 2.45) is 5.92 Å². The second-order valence-corrected chi connectivity index (χ2v) is 7.75. The first-order chi connectivity index (χ1) is 12.5. The van der Waals surface area contributed by atoms with Gasteiger partial charge in [-0.05, 0) is 37.5 Å². The fraction of sp³-hybridized carbons (Fsp3) is 0.529. The molecule has 0 radical (unpaired) electrons. The molecule has 0 unspecified atom stereocenters. The van der Waals surface area contributed by atoms with Crippen molar-refractivity contribution in [3.05, 3.63) is 21.8 Å². The summed E-state index contributed by atoms with van der Waals surface area (Å²) in [5.74, 6) is -0.718. The largest absolute Gasteiger partial charge is 0.466 e. The van der Waals surface area contributed by atoms with Gasteiger partial charge in [0.2, 0.25) is 5.91 Å². The number of piperidine rings is 1. The van der Waals surface area contributed by atoms with Gasteiger partial charge in [-0.25, -0.2) is 4.98 Å². The van der Waals surface area contributed by atoms with Crippen molar-refractivity contribution < 1.29 is 14.3 Å². The quantitative estimate of drug-likeness (QED) is 0.437. The molecule has 0 bridgehead atoms. The number of carbonyl (C=O) groups excluding carboxylic acids is 2. The Hall–Kier alpha value is -1.87. The first-order valence-electron chi connectivity index (χ1n) is 8.51. The third kappa shape index (κ3) is 3.78. The van der Waals surface area contributed by atoms with Gasteiger partial charge in [0.15, 0.2) is 5.16 Å². The summed E-state index contributed by atoms with van der Waals surface area (Å²) in [6.07, 6.45) is 3.31. The van der Waals surface area contributed by atoms with Crippen molar-refractivity contribution in [1.82, 2.24) is 14.5 Å². The van der Waals surface area contributed by atoms with Crippen molar-refractivity contribution >= 4 is 45.2 Å². The van der Waals surface area contributed by atoms with Crippen LogP contribution in [0.3, 0.4) is 0 Å². The molecule has 1 aliphatic rings. The van der Waals surface area contributed by atoms with Gasteiger partial charge in [0.25, 0.3) is 5.56 Å². The number of nitrogens with zero attached hydrogens (tertiary/aromatic N) is 3. The fourth-order valence-electron chi connectivity index (χ4n) is 3.11. The number of aromatic nitrogens is 2. The number of ether oxygens (including phenoxy) is 1. The second kappa shape index (κ2) is 8.22. The first kappa shape index (κ1) is 18.9. The minimum Gasteiger partial charge on any atom is -0.466 e. The zero-order valence-electron chi connectivity index (χ0n) is 14.8. The van der Waals surface area contributed by atoms with E-state index >= 15 is 0 Å². The van der Waals surface area contributed by atoms with E-state index in [9.17, 15) is 14.4 Å². The number of esters is 1. The molecule has 2 aromatic rings. The molecule has 9 heteroatoms. The Kier molecular flexibility index (Phi) is 5.98. The molecule has 0 N–H and O–H groups in total. The molecule has 1 amide bonds. The van der Waals surface area contributed by atoms with Crippen LogP contribution in [-0.2, 0) is 20.9 Å². The number of thioether (sulfide) groups is 1. The Bertz CT molecular complexity index is 877. The minimum atomic E-state index is -0.290. The highest BCUT2D eigenvalue weighted by molar-refractivity contribution is 7.98. The topological polar surface area (TPSA) is 81.5 Å². The van der Waals surface area contributed by atoms with Crippen molar-refractivity contribution in [1.29, 1.82) is 0 Å². The summed E-state index contributed by atoms with van der Waals surface area (Å²) in [7, 11) is 0. The van der Waals surface area contributed by atoms with Gasteiger partial charge in [-0.3, -0.25) is 19.0 Å². The molecule has 3 rings (SSSR count). The molecule has 3 heterocycles. The third-order valence-corrected chi connectivity index (χ3v) is 5.97. The highest BCUT2D eigenvalue weighted by Crippen LogP contribution is 2.21. The lowest BCUT2D eigenvalue weighted by Gasteiger charge is -2.31. The van der Waals surface area contributed by atoms with Crippen LogP contribution >= 0.6 is 23.1 Å². The van der Waals surface area contributed by atoms with Crippen LogP contribution in [0.4, 0.5) is 0 Å². The summed E-state index contributed by atoms with van der Waals surface area (Å²) in [4.78, 5) is 43.6. The van der Waals surface area contributed by atoms with Gasteiger partial charge in [-0.15, -0.1) is 11.3 Å². The van der Waals surface area contributed by atoms with E-state index < -0.39 is 0 Å². The molecule has 2 aromatic heterocycles. The zero-order valence-corrected chi connectivity index (χ0v) is 16.4. The Morgan fingerprint density at radius 3 is 3.00 bits per heavy atom. The highest BCUT2D eigenvalue weighted by Gasteiger charge is 2.29. The Labute approximate surface area is 159 Å². The van der Waals surface area contributed by atoms with E-state index in [1.807, 2.05) is 17.7 Å². The summed E-state index contributed by atoms with van der Waals surface area (Å²) < 4.78 is 7.06. The van der Waals surface area contributed by atoms with Crippen LogP contribution in [0, 0.1) is 5.92 Å². The van der Waals surface area contributed by atoms with Crippen molar-refractivity contribution in [3.63, 3.8) is 0 Å². The maximum atomic E-state index is 12.8. The number of thiophene rings is 1. The van der Waals surface area contributed by atoms with E-state index in [1.54, 1.807) is 11.8 Å². The second-order valence-electron chi connectivity index (χ2n) is 6.06. The summed E-state index contributed by atoms with van der Waals surface area (Å²) in [6, 6.07) is 1.81. The minimum absolute atomic E-state index is 0.0641. The van der Waals surface area contributed by atoms with E-state index in [2.05, 4.69) is 4.98 Å². The lowest BCUT2D eigenvalue weighted by molar-refractivity contribution is -0.151. The van der Waals surface area contributed by atoms with Gasteiger partial charge in [0, 0.05) is 13.1 Å². The molecule has 1 saturated heterocycles. The molecule has 1 fully saturated rings. The monoisotopic (exact) mass is 395 g/mol. The predicted octanol–water partition coefficient (Wildman–Crippen LogP) is 1.98. The number of carbonyl (C=O) groups is 2. The van der Waals surface area contributed by atoms with Crippen LogP contribution in [0.5, 0.6) is 0 Å². The van der Waals surface area contributed by atoms with Gasteiger partial charge in [-0.2, -0.15) is 0 Å². The van der Waals surface area contributed by atoms with Gasteiger partial charge in [-0.1, -0.05) is 11.8 Å². The zero-order chi connectivity index (χ0) is 18.7. The lowest BCUT2D eigenvalue weighted by atomic mass is 9.98. The molecule has 0 aromatic carbocycles. The predicted molar refractivity (Wildman–Crippen MR) is 102 cm³/mol. The number of hydrogen-bond donors (Lipinski definition) is 0. The van der Waals surface area contributed by atoms with Gasteiger partial charge in [0.1, 0.15) is 11.2 Å². The van der Waals surface area contributed by atoms with E-state index in [-0.39, 0.29) is 29.9 Å². The standard InChI is InChI=1S/C17H21N3O4S2/c1-3-24-16(23)11-5-4-7-19(9-11)13(21)10-20-15(22)14-12(6-8-26-14)18-17(20)25-2/h6,8,11H,3-5,7,9-10H2,1-2H3/t11-/m1/s1. The molecule has 1 atom stereocenters. The fourth-order valence-corrected chi connectivity index (χ4v) is 4.45. The Morgan fingerprint density at radius 1 is 1.46 bits per heavy atom. The van der Waals surface area contributed by atoms with Crippen molar-refractivity contribution in [2.75, 3.05) is 26.0 Å². The number of amides is 1. The first-order valence-corrected chi connectivity index (χ1v) is 10.6. The van der Waals surface area contributed by atoms with Crippen LogP contribution in [-0.4, -0.2) is 52.3 Å². The van der Waals surface area contributed by atoms with Gasteiger partial charge >= 0.3 is 5.97 Å². The summed E-state index contributed by atoms with van der Waals surface area (Å²) in [6.45, 7) is 2.98. The number of fused-ring (bicyclic) bond motifs is 1. The van der Waals surface area contributed by atoms with Gasteiger partial charge < -0.3 is 9.64 Å². The molecule has 1 aliphatic heterocycles. The average molecular weight is 396 g/mol. The molecule has 0 saturated carbocycles. The van der Waals surface area contributed by atoms with Crippen LogP contribution in [0.1, 0.15) is 19.8 Å². The average Bonchev–Trinajstić information content (AvgIpc) is 3.13. The summed E-state index contributed by atoms with van der Waals surface area (Å²) >= 11 is 2.67. The van der Waals surface area contributed by atoms with Gasteiger partial charge in [0.05, 0.1) is 18.0 Å². The summed E-state index contributed by atoms with van der Waals surface area (Å²) in [5, 5.41) is 2.34. The van der Waals surface area contributed by atoms with Crippen LogP contribution in [0.2, 0.25) is 0 Å². The normalized spacial score (nSPS) is 17.5. The van der Waals surface area contributed by atoms with E-state index in [1.165, 1.54) is 27.7 Å². The van der Waals surface area contributed by atoms with Crippen LogP contribution in [0.25, 0.3) is 10.2 Å². The number of hydrogen-bond acceptors (Lipinski definition) is 7. The molecule has 7 nitrogen and oxygen atoms in total. The SMILES string of the molecule is CCOC(=O)[C@@H]1CCCN(C(=O)Cn2c(SC)nc3ccsc3c2=O)C1.